The Hall–Kier alpha value is -2.51. The van der Waals surface area contributed by atoms with Crippen molar-refractivity contribution in [2.45, 2.75) is 32.8 Å². The van der Waals surface area contributed by atoms with Crippen LogP contribution in [0.25, 0.3) is 0 Å². The number of carbonyl (C=O) groups is 1. The minimum atomic E-state index is -0.665. The number of aromatic hydroxyl groups is 2. The Morgan fingerprint density at radius 1 is 1.33 bits per heavy atom. The van der Waals surface area contributed by atoms with Gasteiger partial charge in [0.05, 0.1) is 11.0 Å². The lowest BCUT2D eigenvalue weighted by Gasteiger charge is -2.19. The lowest BCUT2D eigenvalue weighted by Crippen LogP contribution is -2.33. The van der Waals surface area contributed by atoms with Crippen LogP contribution in [0.4, 0.5) is 10.5 Å². The quantitative estimate of drug-likeness (QED) is 0.444. The van der Waals surface area contributed by atoms with Crippen LogP contribution in [0.5, 0.6) is 11.5 Å². The number of ether oxygens (including phenoxy) is 1. The van der Waals surface area contributed by atoms with E-state index in [0.29, 0.717) is 0 Å². The van der Waals surface area contributed by atoms with Crippen molar-refractivity contribution < 1.29 is 24.7 Å². The van der Waals surface area contributed by atoms with Crippen molar-refractivity contribution in [2.24, 2.45) is 0 Å². The summed E-state index contributed by atoms with van der Waals surface area (Å²) in [5.74, 6) is -1.02. The summed E-state index contributed by atoms with van der Waals surface area (Å²) in [6.07, 6.45) is -0.517. The summed E-state index contributed by atoms with van der Waals surface area (Å²) in [4.78, 5) is 21.6. The summed E-state index contributed by atoms with van der Waals surface area (Å²) >= 11 is 0. The number of carbonyl (C=O) groups excluding carboxylic acids is 1. The second-order valence-corrected chi connectivity index (χ2v) is 5.41. The Bertz CT molecular complexity index is 550. The fourth-order valence-electron chi connectivity index (χ4n) is 1.59. The van der Waals surface area contributed by atoms with Gasteiger partial charge in [-0.1, -0.05) is 0 Å². The molecule has 0 saturated carbocycles. The van der Waals surface area contributed by atoms with Gasteiger partial charge in [0.1, 0.15) is 5.60 Å². The third-order valence-electron chi connectivity index (χ3n) is 2.44. The van der Waals surface area contributed by atoms with Crippen LogP contribution in [0.2, 0.25) is 0 Å². The van der Waals surface area contributed by atoms with E-state index < -0.39 is 28.1 Å². The molecule has 116 valence electrons. The number of alkyl carbamates (subject to hydrolysis) is 1. The summed E-state index contributed by atoms with van der Waals surface area (Å²) in [7, 11) is 0. The molecule has 8 heteroatoms. The van der Waals surface area contributed by atoms with Crippen molar-refractivity contribution in [1.82, 2.24) is 5.32 Å². The maximum Gasteiger partial charge on any atom is 0.407 e. The zero-order chi connectivity index (χ0) is 16.2. The first-order valence-electron chi connectivity index (χ1n) is 6.26. The lowest BCUT2D eigenvalue weighted by atomic mass is 10.1. The van der Waals surface area contributed by atoms with Crippen molar-refractivity contribution in [3.05, 3.63) is 27.8 Å². The van der Waals surface area contributed by atoms with Crippen LogP contribution in [0, 0.1) is 10.1 Å². The normalized spacial score (nSPS) is 11.0. The summed E-state index contributed by atoms with van der Waals surface area (Å²) in [5, 5.41) is 32.0. The highest BCUT2D eigenvalue weighted by Gasteiger charge is 2.19. The number of nitrogens with one attached hydrogen (secondary N) is 1. The van der Waals surface area contributed by atoms with Gasteiger partial charge in [0, 0.05) is 12.1 Å². The molecule has 0 radical (unpaired) electrons. The van der Waals surface area contributed by atoms with Gasteiger partial charge in [0.15, 0.2) is 11.5 Å². The summed E-state index contributed by atoms with van der Waals surface area (Å²) in [6.45, 7) is 5.25. The molecule has 0 aliphatic heterocycles. The third kappa shape index (κ3) is 5.17. The zero-order valence-corrected chi connectivity index (χ0v) is 12.0. The van der Waals surface area contributed by atoms with Gasteiger partial charge in [0.2, 0.25) is 0 Å². The van der Waals surface area contributed by atoms with E-state index in [2.05, 4.69) is 5.32 Å². The molecule has 0 aromatic heterocycles. The molecule has 8 nitrogen and oxygen atoms in total. The Morgan fingerprint density at radius 2 is 1.90 bits per heavy atom. The number of phenolic OH excluding ortho intramolecular Hbond substituents is 2. The minimum absolute atomic E-state index is 0.0972. The molecule has 0 atom stereocenters. The number of benzene rings is 1. The van der Waals surface area contributed by atoms with Crippen molar-refractivity contribution in [1.29, 1.82) is 0 Å². The Labute approximate surface area is 121 Å². The molecule has 0 unspecified atom stereocenters. The molecule has 1 aromatic rings. The highest BCUT2D eigenvalue weighted by atomic mass is 16.6. The number of hydrogen-bond donors (Lipinski definition) is 3. The SMILES string of the molecule is CC(C)(C)OC(=O)NCCc1cc(O)c(O)cc1[N+](=O)[O-]. The van der Waals surface area contributed by atoms with Crippen LogP contribution in [0.1, 0.15) is 26.3 Å². The number of nitro benzene ring substituents is 1. The van der Waals surface area contributed by atoms with Gasteiger partial charge in [-0.2, -0.15) is 0 Å². The molecule has 0 saturated heterocycles. The molecule has 0 aliphatic rings. The molecule has 0 heterocycles. The molecule has 1 rings (SSSR count). The van der Waals surface area contributed by atoms with Crippen LogP contribution in [0.15, 0.2) is 12.1 Å². The topological polar surface area (TPSA) is 122 Å². The molecule has 0 spiro atoms. The van der Waals surface area contributed by atoms with Crippen molar-refractivity contribution in [3.63, 3.8) is 0 Å². The second-order valence-electron chi connectivity index (χ2n) is 5.41. The number of hydrogen-bond acceptors (Lipinski definition) is 6. The Balaban J connectivity index is 2.69. The lowest BCUT2D eigenvalue weighted by molar-refractivity contribution is -0.385. The number of nitrogens with zero attached hydrogens (tertiary/aromatic N) is 1. The fourth-order valence-corrected chi connectivity index (χ4v) is 1.59. The van der Waals surface area contributed by atoms with Crippen LogP contribution in [0.3, 0.4) is 0 Å². The maximum atomic E-state index is 11.4. The van der Waals surface area contributed by atoms with E-state index in [1.54, 1.807) is 20.8 Å². The van der Waals surface area contributed by atoms with Gasteiger partial charge in [-0.05, 0) is 33.3 Å². The number of nitro groups is 1. The standard InChI is InChI=1S/C13H18N2O6/c1-13(2,3)21-12(18)14-5-4-8-6-10(16)11(17)7-9(8)15(19)20/h6-7,16-17H,4-5H2,1-3H3,(H,14,18). The minimum Gasteiger partial charge on any atom is -0.504 e. The van der Waals surface area contributed by atoms with E-state index in [1.807, 2.05) is 0 Å². The summed E-state index contributed by atoms with van der Waals surface area (Å²) in [5.41, 5.74) is -0.755. The smallest absolute Gasteiger partial charge is 0.407 e. The molecule has 3 N–H and O–H groups in total. The van der Waals surface area contributed by atoms with E-state index in [4.69, 9.17) is 4.74 Å². The summed E-state index contributed by atoms with van der Waals surface area (Å²) in [6, 6.07) is 1.97. The molecular weight excluding hydrogens is 280 g/mol. The van der Waals surface area contributed by atoms with E-state index in [-0.39, 0.29) is 24.2 Å². The zero-order valence-electron chi connectivity index (χ0n) is 12.0. The first-order chi connectivity index (χ1) is 9.60. The highest BCUT2D eigenvalue weighted by molar-refractivity contribution is 5.67. The Morgan fingerprint density at radius 3 is 2.43 bits per heavy atom. The molecular formula is C13H18N2O6. The summed E-state index contributed by atoms with van der Waals surface area (Å²) < 4.78 is 5.02. The number of phenols is 2. The van der Waals surface area contributed by atoms with Gasteiger partial charge < -0.3 is 20.3 Å². The van der Waals surface area contributed by atoms with Crippen LogP contribution >= 0.6 is 0 Å². The molecule has 0 aliphatic carbocycles. The second kappa shape index (κ2) is 6.29. The van der Waals surface area contributed by atoms with Crippen molar-refractivity contribution >= 4 is 11.8 Å². The largest absolute Gasteiger partial charge is 0.504 e. The van der Waals surface area contributed by atoms with Crippen LogP contribution < -0.4 is 5.32 Å². The molecule has 0 fully saturated rings. The fraction of sp³-hybridized carbons (Fsp3) is 0.462. The predicted octanol–water partition coefficient (Wildman–Crippen LogP) is 2.07. The van der Waals surface area contributed by atoms with E-state index in [0.717, 1.165) is 12.1 Å². The van der Waals surface area contributed by atoms with Crippen LogP contribution in [-0.4, -0.2) is 33.4 Å². The average Bonchev–Trinajstić information content (AvgIpc) is 2.30. The van der Waals surface area contributed by atoms with Gasteiger partial charge >= 0.3 is 6.09 Å². The van der Waals surface area contributed by atoms with Crippen LogP contribution in [-0.2, 0) is 11.2 Å². The molecule has 1 aromatic carbocycles. The maximum absolute atomic E-state index is 11.4. The third-order valence-corrected chi connectivity index (χ3v) is 2.44. The van der Waals surface area contributed by atoms with Crippen molar-refractivity contribution in [3.8, 4) is 11.5 Å². The molecule has 1 amide bonds. The molecule has 21 heavy (non-hydrogen) atoms. The van der Waals surface area contributed by atoms with Gasteiger partial charge in [0.25, 0.3) is 5.69 Å². The van der Waals surface area contributed by atoms with E-state index in [9.17, 15) is 25.1 Å². The number of rotatable bonds is 4. The van der Waals surface area contributed by atoms with E-state index in [1.165, 1.54) is 0 Å². The van der Waals surface area contributed by atoms with E-state index >= 15 is 0 Å². The molecule has 0 bridgehead atoms. The highest BCUT2D eigenvalue weighted by Crippen LogP contribution is 2.32. The van der Waals surface area contributed by atoms with Gasteiger partial charge in [-0.15, -0.1) is 0 Å². The van der Waals surface area contributed by atoms with Gasteiger partial charge in [-0.3, -0.25) is 10.1 Å². The monoisotopic (exact) mass is 298 g/mol. The van der Waals surface area contributed by atoms with Gasteiger partial charge in [-0.25, -0.2) is 4.79 Å². The number of amides is 1. The van der Waals surface area contributed by atoms with Crippen molar-refractivity contribution in [2.75, 3.05) is 6.54 Å². The predicted molar refractivity (Wildman–Crippen MR) is 74.4 cm³/mol. The average molecular weight is 298 g/mol. The Kier molecular flexibility index (Phi) is 4.96. The first kappa shape index (κ1) is 16.5. The first-order valence-corrected chi connectivity index (χ1v) is 6.26.